The van der Waals surface area contributed by atoms with Gasteiger partial charge in [0.1, 0.15) is 24.0 Å². The Kier molecular flexibility index (Phi) is 10.9. The smallest absolute Gasteiger partial charge is 0.227 e. The fourth-order valence-electron chi connectivity index (χ4n) is 6.68. The van der Waals surface area contributed by atoms with Crippen molar-refractivity contribution in [3.63, 3.8) is 0 Å². The molecule has 6 rings (SSSR count). The third-order valence-corrected chi connectivity index (χ3v) is 10.1. The van der Waals surface area contributed by atoms with Gasteiger partial charge in [-0.2, -0.15) is 0 Å². The molecule has 2 amide bonds. The molecule has 0 spiro atoms. The highest BCUT2D eigenvalue weighted by Crippen LogP contribution is 2.42. The highest BCUT2D eigenvalue weighted by Gasteiger charge is 2.24. The summed E-state index contributed by atoms with van der Waals surface area (Å²) in [6, 6.07) is 14.9. The third kappa shape index (κ3) is 7.71. The maximum Gasteiger partial charge on any atom is 0.227 e. The van der Waals surface area contributed by atoms with Crippen LogP contribution in [0.25, 0.3) is 44.2 Å². The molecule has 0 saturated heterocycles. The predicted molar refractivity (Wildman–Crippen MR) is 202 cm³/mol. The largest absolute Gasteiger partial charge is 0.488 e. The average Bonchev–Trinajstić information content (AvgIpc) is 3.79. The van der Waals surface area contributed by atoms with Crippen LogP contribution in [0.5, 0.6) is 5.75 Å². The van der Waals surface area contributed by atoms with Gasteiger partial charge in [-0.1, -0.05) is 51.1 Å². The first kappa shape index (κ1) is 35.9. The Morgan fingerprint density at radius 3 is 2.57 bits per heavy atom. The molecule has 0 aliphatic carbocycles. The first-order valence-electron chi connectivity index (χ1n) is 18.1. The SMILES string of the molecule is C=C(CC)CC(=O)N(CCC)Cc1ncc(-c2ccc3c(c2)COc2cc4c(ccc5[nH]c(CN(C(=O)CC(C)OC)[C@@H](C)CC)nc54)cc2-3)[nH]1. The van der Waals surface area contributed by atoms with Crippen LogP contribution in [0.1, 0.15) is 83.9 Å². The lowest BCUT2D eigenvalue weighted by atomic mass is 9.92. The van der Waals surface area contributed by atoms with Gasteiger partial charge in [-0.05, 0) is 79.5 Å². The maximum absolute atomic E-state index is 13.2. The monoisotopic (exact) mass is 690 g/mol. The quantitative estimate of drug-likeness (QED) is 0.107. The van der Waals surface area contributed by atoms with E-state index in [1.54, 1.807) is 7.11 Å². The molecule has 5 aromatic rings. The molecular formula is C41H50N6O4. The molecule has 268 valence electrons. The number of nitrogens with one attached hydrogen (secondary N) is 2. The Morgan fingerprint density at radius 1 is 1.00 bits per heavy atom. The number of hydrogen-bond donors (Lipinski definition) is 2. The van der Waals surface area contributed by atoms with E-state index in [2.05, 4.69) is 84.8 Å². The van der Waals surface area contributed by atoms with Gasteiger partial charge in [0.25, 0.3) is 0 Å². The van der Waals surface area contributed by atoms with E-state index in [0.717, 1.165) is 92.0 Å². The molecule has 51 heavy (non-hydrogen) atoms. The number of methoxy groups -OCH3 is 1. The summed E-state index contributed by atoms with van der Waals surface area (Å²) in [6.45, 7) is 16.1. The maximum atomic E-state index is 13.2. The summed E-state index contributed by atoms with van der Waals surface area (Å²) in [4.78, 5) is 46.4. The summed E-state index contributed by atoms with van der Waals surface area (Å²) in [5.74, 6) is 2.47. The number of carbonyl (C=O) groups is 2. The fraction of sp³-hybridized carbons (Fsp3) is 0.415. The molecule has 0 saturated carbocycles. The zero-order valence-electron chi connectivity index (χ0n) is 30.8. The fourth-order valence-corrected chi connectivity index (χ4v) is 6.68. The number of fused-ring (bicyclic) bond motifs is 6. The number of carbonyl (C=O) groups excluding carboxylic acids is 2. The highest BCUT2D eigenvalue weighted by molar-refractivity contribution is 6.07. The average molecular weight is 691 g/mol. The number of aromatic amines is 2. The number of rotatable bonds is 15. The summed E-state index contributed by atoms with van der Waals surface area (Å²) in [5, 5.41) is 2.07. The molecule has 10 heteroatoms. The summed E-state index contributed by atoms with van der Waals surface area (Å²) in [6.07, 6.45) is 4.91. The first-order chi connectivity index (χ1) is 24.6. The molecule has 1 unspecified atom stereocenters. The summed E-state index contributed by atoms with van der Waals surface area (Å²) >= 11 is 0. The summed E-state index contributed by atoms with van der Waals surface area (Å²) < 4.78 is 11.7. The number of hydrogen-bond acceptors (Lipinski definition) is 6. The molecule has 10 nitrogen and oxygen atoms in total. The second-order valence-electron chi connectivity index (χ2n) is 13.7. The minimum Gasteiger partial charge on any atom is -0.488 e. The van der Waals surface area contributed by atoms with E-state index in [1.165, 1.54) is 0 Å². The Morgan fingerprint density at radius 2 is 1.82 bits per heavy atom. The molecule has 2 atom stereocenters. The third-order valence-electron chi connectivity index (χ3n) is 10.1. The van der Waals surface area contributed by atoms with Gasteiger partial charge in [0.15, 0.2) is 0 Å². The Hall–Kier alpha value is -4.96. The van der Waals surface area contributed by atoms with Crippen molar-refractivity contribution in [1.82, 2.24) is 29.7 Å². The van der Waals surface area contributed by atoms with Crippen LogP contribution in [-0.2, 0) is 34.0 Å². The first-order valence-corrected chi connectivity index (χ1v) is 18.1. The normalized spacial score (nSPS) is 13.4. The van der Waals surface area contributed by atoms with Crippen molar-refractivity contribution in [2.75, 3.05) is 13.7 Å². The van der Waals surface area contributed by atoms with Gasteiger partial charge >= 0.3 is 0 Å². The molecule has 3 aromatic carbocycles. The van der Waals surface area contributed by atoms with Gasteiger partial charge in [-0.3, -0.25) is 9.59 Å². The van der Waals surface area contributed by atoms with Gasteiger partial charge in [0, 0.05) is 37.1 Å². The molecule has 1 aliphatic rings. The summed E-state index contributed by atoms with van der Waals surface area (Å²) in [5.41, 5.74) is 7.91. The number of benzene rings is 3. The minimum absolute atomic E-state index is 0.0566. The Balaban J connectivity index is 1.24. The molecular weight excluding hydrogens is 640 g/mol. The van der Waals surface area contributed by atoms with Crippen LogP contribution in [-0.4, -0.2) is 67.4 Å². The van der Waals surface area contributed by atoms with Crippen molar-refractivity contribution in [3.8, 4) is 28.1 Å². The lowest BCUT2D eigenvalue weighted by Gasteiger charge is -2.28. The minimum atomic E-state index is -0.147. The number of aromatic nitrogens is 4. The molecule has 0 bridgehead atoms. The standard InChI is InChI=1S/C41H50N6O4/c1-8-15-46(39(48)16-25(4)9-2)22-37-42-21-35(44-37)29-11-13-31-30(18-29)24-51-36-20-32-28(19-33(31)36)12-14-34-41(32)45-38(43-34)23-47(26(5)10-3)40(49)17-27(6)50-7/h11-14,18-21,26-27H,4,8-10,15-17,22-24H2,1-3,5-7H3,(H,42,44)(H,43,45)/t26-,27?/m0/s1. The van der Waals surface area contributed by atoms with E-state index in [1.807, 2.05) is 29.8 Å². The van der Waals surface area contributed by atoms with Gasteiger partial charge in [0.2, 0.25) is 11.8 Å². The van der Waals surface area contributed by atoms with Crippen LogP contribution >= 0.6 is 0 Å². The molecule has 2 aromatic heterocycles. The van der Waals surface area contributed by atoms with Crippen LogP contribution < -0.4 is 4.74 Å². The van der Waals surface area contributed by atoms with E-state index < -0.39 is 0 Å². The van der Waals surface area contributed by atoms with E-state index >= 15 is 0 Å². The van der Waals surface area contributed by atoms with Crippen molar-refractivity contribution >= 4 is 33.6 Å². The predicted octanol–water partition coefficient (Wildman–Crippen LogP) is 8.31. The molecule has 1 aliphatic heterocycles. The number of H-pyrrole nitrogens is 2. The second kappa shape index (κ2) is 15.5. The van der Waals surface area contributed by atoms with Gasteiger partial charge < -0.3 is 29.2 Å². The Labute approximate surface area is 300 Å². The van der Waals surface area contributed by atoms with E-state index in [9.17, 15) is 9.59 Å². The number of amides is 2. The van der Waals surface area contributed by atoms with E-state index in [4.69, 9.17) is 14.5 Å². The van der Waals surface area contributed by atoms with Crippen molar-refractivity contribution in [2.45, 2.75) is 98.6 Å². The van der Waals surface area contributed by atoms with Crippen molar-refractivity contribution in [2.24, 2.45) is 0 Å². The number of nitrogens with zero attached hydrogens (tertiary/aromatic N) is 4. The van der Waals surface area contributed by atoms with Crippen molar-refractivity contribution in [3.05, 3.63) is 78.0 Å². The van der Waals surface area contributed by atoms with Crippen LogP contribution in [0.4, 0.5) is 0 Å². The second-order valence-corrected chi connectivity index (χ2v) is 13.7. The number of imidazole rings is 2. The molecule has 0 fully saturated rings. The van der Waals surface area contributed by atoms with Crippen molar-refractivity contribution in [1.29, 1.82) is 0 Å². The number of ether oxygens (including phenoxy) is 2. The zero-order valence-corrected chi connectivity index (χ0v) is 30.8. The van der Waals surface area contributed by atoms with Gasteiger partial charge in [0.05, 0.1) is 48.5 Å². The topological polar surface area (TPSA) is 116 Å². The zero-order chi connectivity index (χ0) is 36.2. The summed E-state index contributed by atoms with van der Waals surface area (Å²) in [7, 11) is 1.63. The Bertz CT molecular complexity index is 2060. The van der Waals surface area contributed by atoms with Crippen molar-refractivity contribution < 1.29 is 19.1 Å². The molecule has 2 N–H and O–H groups in total. The van der Waals surface area contributed by atoms with E-state index in [-0.39, 0.29) is 24.0 Å². The highest BCUT2D eigenvalue weighted by atomic mass is 16.5. The van der Waals surface area contributed by atoms with Crippen LogP contribution in [0.2, 0.25) is 0 Å². The lowest BCUT2D eigenvalue weighted by molar-refractivity contribution is -0.136. The molecule has 3 heterocycles. The van der Waals surface area contributed by atoms with Gasteiger partial charge in [-0.15, -0.1) is 0 Å². The van der Waals surface area contributed by atoms with Crippen LogP contribution in [0.3, 0.4) is 0 Å². The van der Waals surface area contributed by atoms with Crippen LogP contribution in [0, 0.1) is 0 Å². The molecule has 0 radical (unpaired) electrons. The van der Waals surface area contributed by atoms with Gasteiger partial charge in [-0.25, -0.2) is 9.97 Å². The van der Waals surface area contributed by atoms with Crippen LogP contribution in [0.15, 0.2) is 60.8 Å². The van der Waals surface area contributed by atoms with E-state index in [0.29, 0.717) is 39.1 Å². The lowest BCUT2D eigenvalue weighted by Crippen LogP contribution is -2.39.